The second-order valence-electron chi connectivity index (χ2n) is 3.27. The van der Waals surface area contributed by atoms with E-state index in [9.17, 15) is 4.79 Å². The second kappa shape index (κ2) is 4.18. The third-order valence-corrected chi connectivity index (χ3v) is 2.37. The minimum Gasteiger partial charge on any atom is -0.497 e. The number of benzene rings is 1. The first-order valence-corrected chi connectivity index (χ1v) is 4.76. The van der Waals surface area contributed by atoms with Gasteiger partial charge in [-0.15, -0.1) is 0 Å². The van der Waals surface area contributed by atoms with E-state index in [1.165, 1.54) is 13.3 Å². The number of fused-ring (bicyclic) bond motifs is 1. The molecule has 0 radical (unpaired) electrons. The summed E-state index contributed by atoms with van der Waals surface area (Å²) in [6.45, 7) is 0. The molecule has 0 atom stereocenters. The van der Waals surface area contributed by atoms with Gasteiger partial charge in [0.1, 0.15) is 5.75 Å². The highest BCUT2D eigenvalue weighted by molar-refractivity contribution is 6.04. The van der Waals surface area contributed by atoms with Gasteiger partial charge in [-0.05, 0) is 18.2 Å². The highest BCUT2D eigenvalue weighted by Gasteiger charge is 2.11. The first-order chi connectivity index (χ1) is 7.76. The number of hydrogen-bond acceptors (Lipinski definition) is 4. The van der Waals surface area contributed by atoms with Crippen LogP contribution in [0.25, 0.3) is 10.8 Å². The summed E-state index contributed by atoms with van der Waals surface area (Å²) in [6, 6.07) is 5.47. The van der Waals surface area contributed by atoms with Crippen LogP contribution in [-0.4, -0.2) is 25.2 Å². The van der Waals surface area contributed by atoms with Crippen LogP contribution in [0.15, 0.2) is 30.6 Å². The van der Waals surface area contributed by atoms with Crippen LogP contribution in [0.3, 0.4) is 0 Å². The van der Waals surface area contributed by atoms with Gasteiger partial charge >= 0.3 is 5.97 Å². The van der Waals surface area contributed by atoms with E-state index in [1.807, 2.05) is 12.1 Å². The molecule has 0 aliphatic carbocycles. The molecule has 0 N–H and O–H groups in total. The average Bonchev–Trinajstić information content (AvgIpc) is 2.36. The second-order valence-corrected chi connectivity index (χ2v) is 3.27. The van der Waals surface area contributed by atoms with Crippen LogP contribution >= 0.6 is 0 Å². The Labute approximate surface area is 92.8 Å². The average molecular weight is 217 g/mol. The number of ether oxygens (including phenoxy) is 2. The molecule has 1 heterocycles. The minimum atomic E-state index is -0.397. The lowest BCUT2D eigenvalue weighted by Gasteiger charge is -2.06. The Morgan fingerprint density at radius 2 is 2.06 bits per heavy atom. The predicted molar refractivity (Wildman–Crippen MR) is 59.6 cm³/mol. The number of esters is 1. The van der Waals surface area contributed by atoms with Gasteiger partial charge in [0.2, 0.25) is 0 Å². The van der Waals surface area contributed by atoms with Crippen LogP contribution in [0.5, 0.6) is 5.75 Å². The van der Waals surface area contributed by atoms with Crippen LogP contribution in [0.4, 0.5) is 0 Å². The van der Waals surface area contributed by atoms with Crippen molar-refractivity contribution >= 4 is 16.7 Å². The zero-order chi connectivity index (χ0) is 11.5. The Balaban J connectivity index is 2.68. The predicted octanol–water partition coefficient (Wildman–Crippen LogP) is 2.03. The summed E-state index contributed by atoms with van der Waals surface area (Å²) >= 11 is 0. The van der Waals surface area contributed by atoms with Crippen molar-refractivity contribution in [3.63, 3.8) is 0 Å². The fourth-order valence-corrected chi connectivity index (χ4v) is 1.54. The molecule has 0 saturated carbocycles. The SMILES string of the molecule is COC(=O)c1cncc2ccc(OC)cc12. The third-order valence-electron chi connectivity index (χ3n) is 2.37. The lowest BCUT2D eigenvalue weighted by molar-refractivity contribution is 0.0602. The van der Waals surface area contributed by atoms with Gasteiger partial charge in [0.15, 0.2) is 0 Å². The quantitative estimate of drug-likeness (QED) is 0.722. The van der Waals surface area contributed by atoms with Crippen molar-refractivity contribution in [2.75, 3.05) is 14.2 Å². The van der Waals surface area contributed by atoms with Gasteiger partial charge in [0.05, 0.1) is 19.8 Å². The highest BCUT2D eigenvalue weighted by atomic mass is 16.5. The van der Waals surface area contributed by atoms with Crippen LogP contribution < -0.4 is 4.74 Å². The molecule has 0 spiro atoms. The highest BCUT2D eigenvalue weighted by Crippen LogP contribution is 2.23. The minimum absolute atomic E-state index is 0.397. The van der Waals surface area contributed by atoms with Crippen molar-refractivity contribution in [2.45, 2.75) is 0 Å². The lowest BCUT2D eigenvalue weighted by Crippen LogP contribution is -2.02. The van der Waals surface area contributed by atoms with Crippen LogP contribution in [0.2, 0.25) is 0 Å². The van der Waals surface area contributed by atoms with Gasteiger partial charge < -0.3 is 9.47 Å². The van der Waals surface area contributed by atoms with E-state index in [1.54, 1.807) is 19.4 Å². The molecule has 0 fully saturated rings. The Morgan fingerprint density at radius 3 is 2.75 bits per heavy atom. The van der Waals surface area contributed by atoms with E-state index in [4.69, 9.17) is 9.47 Å². The van der Waals surface area contributed by atoms with Crippen molar-refractivity contribution in [1.29, 1.82) is 0 Å². The monoisotopic (exact) mass is 217 g/mol. The van der Waals surface area contributed by atoms with Crippen molar-refractivity contribution in [3.8, 4) is 5.75 Å². The molecule has 0 unspecified atom stereocenters. The van der Waals surface area contributed by atoms with Crippen LogP contribution in [-0.2, 0) is 4.74 Å². The molecular weight excluding hydrogens is 206 g/mol. The van der Waals surface area contributed by atoms with E-state index < -0.39 is 5.97 Å². The molecular formula is C12H11NO3. The number of carbonyl (C=O) groups excluding carboxylic acids is 1. The van der Waals surface area contributed by atoms with E-state index >= 15 is 0 Å². The molecule has 0 bridgehead atoms. The smallest absolute Gasteiger partial charge is 0.340 e. The van der Waals surface area contributed by atoms with E-state index in [2.05, 4.69) is 4.98 Å². The van der Waals surface area contributed by atoms with E-state index in [0.29, 0.717) is 11.3 Å². The molecule has 0 aliphatic rings. The molecule has 82 valence electrons. The van der Waals surface area contributed by atoms with Crippen molar-refractivity contribution in [3.05, 3.63) is 36.2 Å². The van der Waals surface area contributed by atoms with Gasteiger partial charge in [-0.1, -0.05) is 0 Å². The molecule has 2 aromatic rings. The fraction of sp³-hybridized carbons (Fsp3) is 0.167. The van der Waals surface area contributed by atoms with Gasteiger partial charge in [0.25, 0.3) is 0 Å². The van der Waals surface area contributed by atoms with E-state index in [0.717, 1.165) is 10.8 Å². The number of rotatable bonds is 2. The summed E-state index contributed by atoms with van der Waals surface area (Å²) in [6.07, 6.45) is 3.19. The summed E-state index contributed by atoms with van der Waals surface area (Å²) < 4.78 is 9.82. The van der Waals surface area contributed by atoms with Gasteiger partial charge in [0, 0.05) is 23.2 Å². The first kappa shape index (κ1) is 10.4. The summed E-state index contributed by atoms with van der Waals surface area (Å²) in [7, 11) is 2.93. The third kappa shape index (κ3) is 1.69. The van der Waals surface area contributed by atoms with Crippen molar-refractivity contribution < 1.29 is 14.3 Å². The number of pyridine rings is 1. The molecule has 4 heteroatoms. The molecule has 2 rings (SSSR count). The summed E-state index contributed by atoms with van der Waals surface area (Å²) in [5, 5.41) is 1.66. The van der Waals surface area contributed by atoms with Crippen molar-refractivity contribution in [2.24, 2.45) is 0 Å². The molecule has 1 aromatic heterocycles. The molecule has 0 saturated heterocycles. The summed E-state index contributed by atoms with van der Waals surface area (Å²) in [4.78, 5) is 15.5. The Morgan fingerprint density at radius 1 is 1.25 bits per heavy atom. The molecule has 0 aliphatic heterocycles. The normalized spacial score (nSPS) is 10.1. The number of carbonyl (C=O) groups is 1. The molecule has 1 aromatic carbocycles. The summed E-state index contributed by atoms with van der Waals surface area (Å²) in [5.41, 5.74) is 0.443. The largest absolute Gasteiger partial charge is 0.497 e. The zero-order valence-electron chi connectivity index (χ0n) is 9.06. The van der Waals surface area contributed by atoms with Crippen LogP contribution in [0, 0.1) is 0 Å². The summed E-state index contributed by atoms with van der Waals surface area (Å²) in [5.74, 6) is 0.301. The Hall–Kier alpha value is -2.10. The number of aromatic nitrogens is 1. The van der Waals surface area contributed by atoms with Gasteiger partial charge in [-0.3, -0.25) is 4.98 Å². The maximum absolute atomic E-state index is 11.5. The molecule has 0 amide bonds. The fourth-order valence-electron chi connectivity index (χ4n) is 1.54. The number of nitrogens with zero attached hydrogens (tertiary/aromatic N) is 1. The van der Waals surface area contributed by atoms with Crippen molar-refractivity contribution in [1.82, 2.24) is 4.98 Å². The van der Waals surface area contributed by atoms with Crippen LogP contribution in [0.1, 0.15) is 10.4 Å². The standard InChI is InChI=1S/C12H11NO3/c1-15-9-4-3-8-6-13-7-11(10(8)5-9)12(14)16-2/h3-7H,1-2H3. The Bertz CT molecular complexity index is 537. The Kier molecular flexibility index (Phi) is 2.72. The lowest BCUT2D eigenvalue weighted by atomic mass is 10.1. The number of hydrogen-bond donors (Lipinski definition) is 0. The van der Waals surface area contributed by atoms with E-state index in [-0.39, 0.29) is 0 Å². The maximum atomic E-state index is 11.5. The molecule has 16 heavy (non-hydrogen) atoms. The van der Waals surface area contributed by atoms with Gasteiger partial charge in [-0.25, -0.2) is 4.79 Å². The topological polar surface area (TPSA) is 48.4 Å². The zero-order valence-corrected chi connectivity index (χ0v) is 9.06. The maximum Gasteiger partial charge on any atom is 0.340 e. The first-order valence-electron chi connectivity index (χ1n) is 4.76. The number of methoxy groups -OCH3 is 2. The van der Waals surface area contributed by atoms with Gasteiger partial charge in [-0.2, -0.15) is 0 Å². The molecule has 4 nitrogen and oxygen atoms in total.